The summed E-state index contributed by atoms with van der Waals surface area (Å²) in [6.45, 7) is 3.81. The van der Waals surface area contributed by atoms with E-state index < -0.39 is 0 Å². The van der Waals surface area contributed by atoms with E-state index in [0.717, 1.165) is 53.7 Å². The second-order valence-corrected chi connectivity index (χ2v) is 7.26. The van der Waals surface area contributed by atoms with Crippen LogP contribution in [0, 0.1) is 0 Å². The van der Waals surface area contributed by atoms with Gasteiger partial charge < -0.3 is 9.47 Å². The summed E-state index contributed by atoms with van der Waals surface area (Å²) < 4.78 is 12.1. The molecule has 0 N–H and O–H groups in total. The minimum atomic E-state index is 0.772. The SMILES string of the molecule is CCCCCCCOc1ccc(OCCCCCBr)c2ccccc12. The van der Waals surface area contributed by atoms with Gasteiger partial charge in [0, 0.05) is 16.1 Å². The Hall–Kier alpha value is -1.22. The van der Waals surface area contributed by atoms with E-state index in [0.29, 0.717) is 0 Å². The highest BCUT2D eigenvalue weighted by Gasteiger charge is 2.07. The van der Waals surface area contributed by atoms with Crippen LogP contribution in [0.4, 0.5) is 0 Å². The molecule has 0 bridgehead atoms. The zero-order chi connectivity index (χ0) is 17.7. The molecule has 0 fully saturated rings. The normalized spacial score (nSPS) is 11.0. The standard InChI is InChI=1S/C22H31BrO2/c1-2-3-4-5-10-17-24-21-14-15-22(25-18-11-6-9-16-23)20-13-8-7-12-19(20)21/h7-8,12-15H,2-6,9-11,16-18H2,1H3. The maximum atomic E-state index is 6.05. The van der Waals surface area contributed by atoms with Gasteiger partial charge in [0.1, 0.15) is 11.5 Å². The molecule has 0 aliphatic carbocycles. The van der Waals surface area contributed by atoms with E-state index in [-0.39, 0.29) is 0 Å². The van der Waals surface area contributed by atoms with Crippen molar-refractivity contribution in [3.05, 3.63) is 36.4 Å². The van der Waals surface area contributed by atoms with Crippen LogP contribution in [0.25, 0.3) is 10.8 Å². The first kappa shape index (κ1) is 20.1. The van der Waals surface area contributed by atoms with Crippen molar-refractivity contribution in [1.82, 2.24) is 0 Å². The highest BCUT2D eigenvalue weighted by atomic mass is 79.9. The number of ether oxygens (including phenoxy) is 2. The molecular weight excluding hydrogens is 376 g/mol. The number of benzene rings is 2. The van der Waals surface area contributed by atoms with Crippen LogP contribution < -0.4 is 9.47 Å². The largest absolute Gasteiger partial charge is 0.493 e. The molecule has 0 heterocycles. The highest BCUT2D eigenvalue weighted by molar-refractivity contribution is 9.09. The first-order valence-electron chi connectivity index (χ1n) is 9.70. The molecule has 0 atom stereocenters. The summed E-state index contributed by atoms with van der Waals surface area (Å²) in [6.07, 6.45) is 9.78. The third-order valence-electron chi connectivity index (χ3n) is 4.39. The number of halogens is 1. The van der Waals surface area contributed by atoms with Crippen LogP contribution in [0.1, 0.15) is 58.3 Å². The summed E-state index contributed by atoms with van der Waals surface area (Å²) in [5.74, 6) is 1.93. The van der Waals surface area contributed by atoms with Crippen LogP contribution in [-0.2, 0) is 0 Å². The summed E-state index contributed by atoms with van der Waals surface area (Å²) in [5.41, 5.74) is 0. The quantitative estimate of drug-likeness (QED) is 0.260. The molecule has 0 aliphatic heterocycles. The lowest BCUT2D eigenvalue weighted by Gasteiger charge is -2.13. The zero-order valence-electron chi connectivity index (χ0n) is 15.4. The van der Waals surface area contributed by atoms with Crippen molar-refractivity contribution in [2.24, 2.45) is 0 Å². The van der Waals surface area contributed by atoms with Gasteiger partial charge in [0.2, 0.25) is 0 Å². The molecule has 0 saturated heterocycles. The Labute approximate surface area is 161 Å². The molecule has 0 unspecified atom stereocenters. The molecule has 2 rings (SSSR count). The van der Waals surface area contributed by atoms with Gasteiger partial charge in [-0.3, -0.25) is 0 Å². The van der Waals surface area contributed by atoms with Gasteiger partial charge in [-0.1, -0.05) is 72.8 Å². The first-order chi connectivity index (χ1) is 12.4. The van der Waals surface area contributed by atoms with Crippen molar-refractivity contribution in [3.8, 4) is 11.5 Å². The molecular formula is C22H31BrO2. The molecule has 0 aliphatic rings. The van der Waals surface area contributed by atoms with E-state index in [2.05, 4.69) is 59.3 Å². The third kappa shape index (κ3) is 6.89. The monoisotopic (exact) mass is 406 g/mol. The minimum Gasteiger partial charge on any atom is -0.493 e. The Morgan fingerprint density at radius 1 is 0.680 bits per heavy atom. The first-order valence-corrected chi connectivity index (χ1v) is 10.8. The fraction of sp³-hybridized carbons (Fsp3) is 0.545. The molecule has 2 aromatic carbocycles. The van der Waals surface area contributed by atoms with Crippen molar-refractivity contribution < 1.29 is 9.47 Å². The molecule has 0 aromatic heterocycles. The van der Waals surface area contributed by atoms with Crippen LogP contribution in [0.5, 0.6) is 11.5 Å². The predicted octanol–water partition coefficient (Wildman–Crippen LogP) is 7.13. The summed E-state index contributed by atoms with van der Waals surface area (Å²) in [4.78, 5) is 0. The van der Waals surface area contributed by atoms with E-state index in [1.54, 1.807) is 0 Å². The van der Waals surface area contributed by atoms with Crippen LogP contribution in [0.2, 0.25) is 0 Å². The lowest BCUT2D eigenvalue weighted by molar-refractivity contribution is 0.302. The second kappa shape index (κ2) is 12.2. The molecule has 138 valence electrons. The average molecular weight is 407 g/mol. The number of alkyl halides is 1. The van der Waals surface area contributed by atoms with E-state index in [4.69, 9.17) is 9.47 Å². The molecule has 2 aromatic rings. The Morgan fingerprint density at radius 3 is 1.72 bits per heavy atom. The van der Waals surface area contributed by atoms with Crippen LogP contribution >= 0.6 is 15.9 Å². The summed E-state index contributed by atoms with van der Waals surface area (Å²) >= 11 is 3.47. The highest BCUT2D eigenvalue weighted by Crippen LogP contribution is 2.33. The van der Waals surface area contributed by atoms with Gasteiger partial charge in [-0.25, -0.2) is 0 Å². The van der Waals surface area contributed by atoms with E-state index in [9.17, 15) is 0 Å². The van der Waals surface area contributed by atoms with Gasteiger partial charge >= 0.3 is 0 Å². The summed E-state index contributed by atoms with van der Waals surface area (Å²) in [5, 5.41) is 3.36. The van der Waals surface area contributed by atoms with Gasteiger partial charge in [0.05, 0.1) is 13.2 Å². The lowest BCUT2D eigenvalue weighted by atomic mass is 10.1. The summed E-state index contributed by atoms with van der Waals surface area (Å²) in [7, 11) is 0. The second-order valence-electron chi connectivity index (χ2n) is 6.47. The molecule has 0 radical (unpaired) electrons. The van der Waals surface area contributed by atoms with Crippen LogP contribution in [0.3, 0.4) is 0 Å². The molecule has 0 amide bonds. The maximum Gasteiger partial charge on any atom is 0.127 e. The predicted molar refractivity (Wildman–Crippen MR) is 111 cm³/mol. The molecule has 3 heteroatoms. The molecule has 0 spiro atoms. The van der Waals surface area contributed by atoms with E-state index in [1.807, 2.05) is 0 Å². The Balaban J connectivity index is 1.92. The minimum absolute atomic E-state index is 0.772. The van der Waals surface area contributed by atoms with Crippen molar-refractivity contribution in [2.45, 2.75) is 58.3 Å². The van der Waals surface area contributed by atoms with Crippen molar-refractivity contribution in [3.63, 3.8) is 0 Å². The fourth-order valence-corrected chi connectivity index (χ4v) is 3.34. The van der Waals surface area contributed by atoms with E-state index in [1.165, 1.54) is 38.5 Å². The van der Waals surface area contributed by atoms with Gasteiger partial charge in [-0.15, -0.1) is 0 Å². The number of rotatable bonds is 13. The van der Waals surface area contributed by atoms with Crippen LogP contribution in [-0.4, -0.2) is 18.5 Å². The average Bonchev–Trinajstić information content (AvgIpc) is 2.65. The Bertz CT molecular complexity index is 612. The zero-order valence-corrected chi connectivity index (χ0v) is 17.0. The number of hydrogen-bond donors (Lipinski definition) is 0. The molecule has 0 saturated carbocycles. The molecule has 25 heavy (non-hydrogen) atoms. The summed E-state index contributed by atoms with van der Waals surface area (Å²) in [6, 6.07) is 12.5. The number of unbranched alkanes of at least 4 members (excludes halogenated alkanes) is 6. The number of fused-ring (bicyclic) bond motifs is 1. The smallest absolute Gasteiger partial charge is 0.127 e. The van der Waals surface area contributed by atoms with E-state index >= 15 is 0 Å². The third-order valence-corrected chi connectivity index (χ3v) is 4.95. The Kier molecular flexibility index (Phi) is 9.79. The van der Waals surface area contributed by atoms with Crippen molar-refractivity contribution >= 4 is 26.7 Å². The van der Waals surface area contributed by atoms with Crippen molar-refractivity contribution in [1.29, 1.82) is 0 Å². The van der Waals surface area contributed by atoms with Gasteiger partial charge in [0.25, 0.3) is 0 Å². The Morgan fingerprint density at radius 2 is 1.20 bits per heavy atom. The van der Waals surface area contributed by atoms with Gasteiger partial charge in [0.15, 0.2) is 0 Å². The van der Waals surface area contributed by atoms with Crippen LogP contribution in [0.15, 0.2) is 36.4 Å². The lowest BCUT2D eigenvalue weighted by Crippen LogP contribution is -2.00. The topological polar surface area (TPSA) is 18.5 Å². The van der Waals surface area contributed by atoms with Gasteiger partial charge in [-0.05, 0) is 37.8 Å². The number of hydrogen-bond acceptors (Lipinski definition) is 2. The van der Waals surface area contributed by atoms with Crippen molar-refractivity contribution in [2.75, 3.05) is 18.5 Å². The molecule has 2 nitrogen and oxygen atoms in total. The fourth-order valence-electron chi connectivity index (χ4n) is 2.94. The van der Waals surface area contributed by atoms with Gasteiger partial charge in [-0.2, -0.15) is 0 Å². The maximum absolute atomic E-state index is 6.05.